The lowest BCUT2D eigenvalue weighted by Gasteiger charge is -2.07. The molecule has 0 bridgehead atoms. The quantitative estimate of drug-likeness (QED) is 0.276. The lowest BCUT2D eigenvalue weighted by Crippen LogP contribution is -2.04. The van der Waals surface area contributed by atoms with E-state index >= 15 is 0 Å². The number of rotatable bonds is 18. The van der Waals surface area contributed by atoms with Crippen molar-refractivity contribution >= 4 is 5.97 Å². The van der Waals surface area contributed by atoms with E-state index in [-0.39, 0.29) is 13.0 Å². The molecule has 0 aliphatic carbocycles. The van der Waals surface area contributed by atoms with Gasteiger partial charge in [-0.1, -0.05) is 96.1 Å². The van der Waals surface area contributed by atoms with E-state index in [1.54, 1.807) is 0 Å². The molecule has 1 rings (SSSR count). The van der Waals surface area contributed by atoms with Crippen molar-refractivity contribution in [1.82, 2.24) is 0 Å². The minimum absolute atomic E-state index is 0.0447. The lowest BCUT2D eigenvalue weighted by molar-refractivity contribution is -0.137. The van der Waals surface area contributed by atoms with Gasteiger partial charge in [-0.15, -0.1) is 0 Å². The zero-order valence-corrected chi connectivity index (χ0v) is 17.4. The Balaban J connectivity index is 1.95. The van der Waals surface area contributed by atoms with Crippen molar-refractivity contribution in [3.05, 3.63) is 29.8 Å². The number of hydrogen-bond donors (Lipinski definition) is 1. The van der Waals surface area contributed by atoms with Crippen LogP contribution in [-0.2, 0) is 11.2 Å². The number of carboxylic acid groups (broad SMARTS) is 1. The van der Waals surface area contributed by atoms with Crippen LogP contribution in [0.15, 0.2) is 24.3 Å². The first kappa shape index (κ1) is 23.5. The number of carbonyl (C=O) groups is 1. The molecule has 0 fully saturated rings. The Morgan fingerprint density at radius 1 is 0.852 bits per heavy atom. The van der Waals surface area contributed by atoms with Gasteiger partial charge in [0.1, 0.15) is 5.75 Å². The minimum atomic E-state index is -0.821. The fourth-order valence-electron chi connectivity index (χ4n) is 3.39. The van der Waals surface area contributed by atoms with Crippen molar-refractivity contribution in [2.45, 2.75) is 103 Å². The van der Waals surface area contributed by atoms with E-state index in [0.717, 1.165) is 12.2 Å². The zero-order chi connectivity index (χ0) is 19.6. The van der Waals surface area contributed by atoms with Crippen LogP contribution in [0.3, 0.4) is 0 Å². The van der Waals surface area contributed by atoms with Gasteiger partial charge in [0.05, 0.1) is 13.0 Å². The molecule has 3 nitrogen and oxygen atoms in total. The highest BCUT2D eigenvalue weighted by atomic mass is 16.5. The van der Waals surface area contributed by atoms with Crippen LogP contribution in [0.2, 0.25) is 0 Å². The van der Waals surface area contributed by atoms with Gasteiger partial charge in [0.25, 0.3) is 0 Å². The molecular formula is C24H40O3. The van der Waals surface area contributed by atoms with Crippen LogP contribution in [0.4, 0.5) is 0 Å². The number of carboxylic acids is 1. The topological polar surface area (TPSA) is 46.5 Å². The summed E-state index contributed by atoms with van der Waals surface area (Å²) in [6.07, 6.45) is 19.0. The Kier molecular flexibility index (Phi) is 14.5. The summed E-state index contributed by atoms with van der Waals surface area (Å²) < 4.78 is 5.50. The van der Waals surface area contributed by atoms with Crippen LogP contribution in [-0.4, -0.2) is 17.7 Å². The number of benzene rings is 1. The summed E-state index contributed by atoms with van der Waals surface area (Å²) in [6, 6.07) is 8.07. The molecule has 0 aliphatic heterocycles. The molecule has 1 aromatic carbocycles. The number of ether oxygens (including phenoxy) is 1. The van der Waals surface area contributed by atoms with Crippen molar-refractivity contribution in [2.24, 2.45) is 0 Å². The average molecular weight is 377 g/mol. The van der Waals surface area contributed by atoms with Crippen molar-refractivity contribution in [3.63, 3.8) is 0 Å². The predicted molar refractivity (Wildman–Crippen MR) is 114 cm³/mol. The minimum Gasteiger partial charge on any atom is -0.493 e. The average Bonchev–Trinajstić information content (AvgIpc) is 2.65. The molecule has 1 aromatic rings. The molecule has 0 spiro atoms. The van der Waals surface area contributed by atoms with Crippen LogP contribution in [0, 0.1) is 0 Å². The number of aliphatic carboxylic acids is 1. The second-order valence-electron chi connectivity index (χ2n) is 7.63. The maximum absolute atomic E-state index is 10.5. The molecule has 0 radical (unpaired) electrons. The lowest BCUT2D eigenvalue weighted by atomic mass is 10.0. The fraction of sp³-hybridized carbons (Fsp3) is 0.708. The summed E-state index contributed by atoms with van der Waals surface area (Å²) in [4.78, 5) is 10.5. The highest BCUT2D eigenvalue weighted by Crippen LogP contribution is 2.17. The molecule has 0 heterocycles. The van der Waals surface area contributed by atoms with Gasteiger partial charge in [-0.05, 0) is 30.5 Å². The van der Waals surface area contributed by atoms with E-state index in [1.165, 1.54) is 89.0 Å². The Hall–Kier alpha value is -1.51. The van der Waals surface area contributed by atoms with Gasteiger partial charge >= 0.3 is 5.97 Å². The van der Waals surface area contributed by atoms with Crippen LogP contribution in [0.1, 0.15) is 102 Å². The Morgan fingerprint density at radius 3 is 1.96 bits per heavy atom. The van der Waals surface area contributed by atoms with Crippen molar-refractivity contribution < 1.29 is 14.6 Å². The maximum Gasteiger partial charge on any atom is 0.306 e. The third-order valence-electron chi connectivity index (χ3n) is 5.05. The van der Waals surface area contributed by atoms with Gasteiger partial charge in [-0.25, -0.2) is 0 Å². The largest absolute Gasteiger partial charge is 0.493 e. The molecule has 0 amide bonds. The summed E-state index contributed by atoms with van der Waals surface area (Å²) in [5, 5.41) is 8.65. The van der Waals surface area contributed by atoms with Gasteiger partial charge in [0.2, 0.25) is 0 Å². The van der Waals surface area contributed by atoms with Crippen molar-refractivity contribution in [3.8, 4) is 5.75 Å². The highest BCUT2D eigenvalue weighted by Gasteiger charge is 2.01. The Bertz CT molecular complexity index is 484. The molecule has 154 valence electrons. The first-order valence-electron chi connectivity index (χ1n) is 11.2. The molecular weight excluding hydrogens is 336 g/mol. The molecule has 0 saturated heterocycles. The maximum atomic E-state index is 10.5. The van der Waals surface area contributed by atoms with E-state index in [9.17, 15) is 4.79 Å². The second-order valence-corrected chi connectivity index (χ2v) is 7.63. The number of aryl methyl sites for hydroxylation is 1. The molecule has 0 saturated carbocycles. The Morgan fingerprint density at radius 2 is 1.41 bits per heavy atom. The van der Waals surface area contributed by atoms with Crippen molar-refractivity contribution in [1.29, 1.82) is 0 Å². The molecule has 1 N–H and O–H groups in total. The summed E-state index contributed by atoms with van der Waals surface area (Å²) in [7, 11) is 0. The summed E-state index contributed by atoms with van der Waals surface area (Å²) in [5.41, 5.74) is 1.28. The Labute approximate surface area is 166 Å². The summed E-state index contributed by atoms with van der Waals surface area (Å²) >= 11 is 0. The third kappa shape index (κ3) is 14.2. The van der Waals surface area contributed by atoms with E-state index in [2.05, 4.69) is 13.0 Å². The first-order valence-corrected chi connectivity index (χ1v) is 11.2. The van der Waals surface area contributed by atoms with Crippen LogP contribution >= 0.6 is 0 Å². The molecule has 0 atom stereocenters. The second kappa shape index (κ2) is 16.6. The standard InChI is InChI=1S/C24H40O3/c1-2-3-4-5-6-7-8-9-10-11-12-13-14-16-22-17-15-18-23(21-22)27-20-19-24(25)26/h15,17-18,21H,2-14,16,19-20H2,1H3,(H,25,26). The molecule has 3 heteroatoms. The van der Waals surface area contributed by atoms with Crippen molar-refractivity contribution in [2.75, 3.05) is 6.61 Å². The van der Waals surface area contributed by atoms with E-state index in [4.69, 9.17) is 9.84 Å². The van der Waals surface area contributed by atoms with Gasteiger partial charge < -0.3 is 9.84 Å². The van der Waals surface area contributed by atoms with Crippen LogP contribution in [0.5, 0.6) is 5.75 Å². The van der Waals surface area contributed by atoms with E-state index in [1.807, 2.05) is 18.2 Å². The number of unbranched alkanes of at least 4 members (excludes halogenated alkanes) is 12. The highest BCUT2D eigenvalue weighted by molar-refractivity contribution is 5.66. The fourth-order valence-corrected chi connectivity index (χ4v) is 3.39. The van der Waals surface area contributed by atoms with Gasteiger partial charge in [0.15, 0.2) is 0 Å². The van der Waals surface area contributed by atoms with E-state index in [0.29, 0.717) is 0 Å². The normalized spacial score (nSPS) is 10.9. The molecule has 27 heavy (non-hydrogen) atoms. The molecule has 0 aliphatic rings. The summed E-state index contributed by atoms with van der Waals surface area (Å²) in [6.45, 7) is 2.51. The smallest absolute Gasteiger partial charge is 0.306 e. The third-order valence-corrected chi connectivity index (χ3v) is 5.05. The van der Waals surface area contributed by atoms with E-state index < -0.39 is 5.97 Å². The zero-order valence-electron chi connectivity index (χ0n) is 17.4. The summed E-state index contributed by atoms with van der Waals surface area (Å²) in [5.74, 6) is -0.0402. The van der Waals surface area contributed by atoms with Gasteiger partial charge in [0, 0.05) is 0 Å². The SMILES string of the molecule is CCCCCCCCCCCCCCCc1cccc(OCCC(=O)O)c1. The van der Waals surface area contributed by atoms with Crippen LogP contribution < -0.4 is 4.74 Å². The first-order chi connectivity index (χ1) is 13.2. The van der Waals surface area contributed by atoms with Gasteiger partial charge in [-0.3, -0.25) is 4.79 Å². The molecule has 0 unspecified atom stereocenters. The predicted octanol–water partition coefficient (Wildman–Crippen LogP) is 7.17. The monoisotopic (exact) mass is 376 g/mol. The number of hydrogen-bond acceptors (Lipinski definition) is 2. The van der Waals surface area contributed by atoms with Crippen LogP contribution in [0.25, 0.3) is 0 Å². The molecule has 0 aromatic heterocycles. The van der Waals surface area contributed by atoms with Gasteiger partial charge in [-0.2, -0.15) is 0 Å².